The van der Waals surface area contributed by atoms with E-state index < -0.39 is 11.7 Å². The van der Waals surface area contributed by atoms with Crippen molar-refractivity contribution in [3.8, 4) is 0 Å². The zero-order valence-corrected chi connectivity index (χ0v) is 14.1. The van der Waals surface area contributed by atoms with E-state index in [2.05, 4.69) is 26.2 Å². The zero-order valence-electron chi connectivity index (χ0n) is 11.7. The van der Waals surface area contributed by atoms with Gasteiger partial charge in [0, 0.05) is 15.0 Å². The van der Waals surface area contributed by atoms with Gasteiger partial charge in [-0.25, -0.2) is 4.98 Å². The highest BCUT2D eigenvalue weighted by molar-refractivity contribution is 9.10. The van der Waals surface area contributed by atoms with E-state index in [9.17, 15) is 13.2 Å². The quantitative estimate of drug-likeness (QED) is 0.739. The fraction of sp³-hybridized carbons (Fsp3) is 0.357. The highest BCUT2D eigenvalue weighted by atomic mass is 79.9. The minimum absolute atomic E-state index is 0.0398. The molecule has 1 unspecified atom stereocenters. The van der Waals surface area contributed by atoms with Gasteiger partial charge in [-0.2, -0.15) is 13.2 Å². The summed E-state index contributed by atoms with van der Waals surface area (Å²) in [4.78, 5) is 5.37. The first-order valence-electron chi connectivity index (χ1n) is 6.25. The van der Waals surface area contributed by atoms with E-state index in [4.69, 9.17) is 0 Å². The first kappa shape index (κ1) is 16.3. The minimum Gasteiger partial charge on any atom is -0.378 e. The van der Waals surface area contributed by atoms with E-state index in [0.717, 1.165) is 21.6 Å². The summed E-state index contributed by atoms with van der Waals surface area (Å²) in [6, 6.07) is 4.05. The maximum atomic E-state index is 12.9. The Kier molecular flexibility index (Phi) is 4.63. The van der Waals surface area contributed by atoms with Crippen LogP contribution in [0.15, 0.2) is 22.7 Å². The van der Waals surface area contributed by atoms with E-state index in [1.807, 2.05) is 20.8 Å². The van der Waals surface area contributed by atoms with Gasteiger partial charge in [-0.3, -0.25) is 0 Å². The molecule has 21 heavy (non-hydrogen) atoms. The molecule has 0 aliphatic carbocycles. The van der Waals surface area contributed by atoms with Crippen LogP contribution in [0.1, 0.15) is 34.1 Å². The molecule has 0 saturated carbocycles. The topological polar surface area (TPSA) is 24.9 Å². The van der Waals surface area contributed by atoms with Crippen molar-refractivity contribution in [2.24, 2.45) is 0 Å². The summed E-state index contributed by atoms with van der Waals surface area (Å²) in [7, 11) is 0. The molecule has 1 atom stereocenters. The van der Waals surface area contributed by atoms with Gasteiger partial charge in [0.1, 0.15) is 0 Å². The summed E-state index contributed by atoms with van der Waals surface area (Å²) in [5, 5.41) is 4.05. The number of aromatic nitrogens is 1. The van der Waals surface area contributed by atoms with Crippen LogP contribution >= 0.6 is 27.3 Å². The Hall–Kier alpha value is -1.08. The lowest BCUT2D eigenvalue weighted by atomic mass is 10.1. The van der Waals surface area contributed by atoms with Crippen molar-refractivity contribution in [3.63, 3.8) is 0 Å². The summed E-state index contributed by atoms with van der Waals surface area (Å²) in [5.41, 5.74) is 0.658. The first-order chi connectivity index (χ1) is 9.68. The van der Waals surface area contributed by atoms with Gasteiger partial charge in [-0.15, -0.1) is 11.3 Å². The van der Waals surface area contributed by atoms with Crippen LogP contribution in [0.4, 0.5) is 18.9 Å². The van der Waals surface area contributed by atoms with E-state index in [1.54, 1.807) is 17.4 Å². The molecule has 0 amide bonds. The Bertz CT molecular complexity index is 652. The summed E-state index contributed by atoms with van der Waals surface area (Å²) in [6.07, 6.45) is -4.38. The predicted molar refractivity (Wildman–Crippen MR) is 82.8 cm³/mol. The number of alkyl halides is 3. The van der Waals surface area contributed by atoms with Gasteiger partial charge in [0.25, 0.3) is 0 Å². The Labute approximate surface area is 133 Å². The second kappa shape index (κ2) is 5.96. The van der Waals surface area contributed by atoms with Crippen molar-refractivity contribution in [3.05, 3.63) is 43.8 Å². The first-order valence-corrected chi connectivity index (χ1v) is 7.86. The molecule has 1 aromatic heterocycles. The summed E-state index contributed by atoms with van der Waals surface area (Å²) >= 11 is 4.49. The van der Waals surface area contributed by atoms with Crippen LogP contribution < -0.4 is 5.32 Å². The molecular formula is C14H14BrF3N2S. The van der Waals surface area contributed by atoms with Gasteiger partial charge < -0.3 is 5.32 Å². The molecule has 0 spiro atoms. The molecule has 1 aromatic carbocycles. The molecule has 0 aliphatic heterocycles. The van der Waals surface area contributed by atoms with Crippen molar-refractivity contribution in [2.45, 2.75) is 33.0 Å². The average molecular weight is 379 g/mol. The Morgan fingerprint density at radius 1 is 1.29 bits per heavy atom. The van der Waals surface area contributed by atoms with Crippen LogP contribution in [0.2, 0.25) is 0 Å². The van der Waals surface area contributed by atoms with Gasteiger partial charge in [0.2, 0.25) is 0 Å². The summed E-state index contributed by atoms with van der Waals surface area (Å²) in [5.74, 6) is 0. The maximum Gasteiger partial charge on any atom is 0.417 e. The third kappa shape index (κ3) is 3.77. The number of nitrogens with one attached hydrogen (secondary N) is 1. The van der Waals surface area contributed by atoms with Crippen LogP contribution in [-0.2, 0) is 6.18 Å². The number of anilines is 1. The van der Waals surface area contributed by atoms with Gasteiger partial charge in [-0.05, 0) is 39.0 Å². The van der Waals surface area contributed by atoms with Crippen molar-refractivity contribution >= 4 is 33.0 Å². The SMILES string of the molecule is Cc1nc(C)c(C(C)Nc2ccc(Br)c(C(F)(F)F)c2)s1. The third-order valence-electron chi connectivity index (χ3n) is 2.99. The van der Waals surface area contributed by atoms with Gasteiger partial charge in [0.05, 0.1) is 22.3 Å². The number of rotatable bonds is 3. The lowest BCUT2D eigenvalue weighted by Gasteiger charge is -2.17. The van der Waals surface area contributed by atoms with E-state index in [1.165, 1.54) is 6.07 Å². The smallest absolute Gasteiger partial charge is 0.378 e. The minimum atomic E-state index is -4.38. The number of aryl methyl sites for hydroxylation is 2. The molecule has 114 valence electrons. The fourth-order valence-electron chi connectivity index (χ4n) is 2.10. The van der Waals surface area contributed by atoms with E-state index in [-0.39, 0.29) is 10.5 Å². The second-order valence-corrected chi connectivity index (χ2v) is 6.83. The van der Waals surface area contributed by atoms with Crippen LogP contribution in [0.25, 0.3) is 0 Å². The maximum absolute atomic E-state index is 12.9. The molecule has 2 nitrogen and oxygen atoms in total. The lowest BCUT2D eigenvalue weighted by Crippen LogP contribution is -2.10. The molecule has 7 heteroatoms. The molecule has 0 aliphatic rings. The molecule has 1 N–H and O–H groups in total. The lowest BCUT2D eigenvalue weighted by molar-refractivity contribution is -0.138. The number of thiazole rings is 1. The Morgan fingerprint density at radius 2 is 1.95 bits per heavy atom. The molecule has 0 fully saturated rings. The molecule has 2 aromatic rings. The van der Waals surface area contributed by atoms with Gasteiger partial charge in [-0.1, -0.05) is 15.9 Å². The largest absolute Gasteiger partial charge is 0.417 e. The second-order valence-electron chi connectivity index (χ2n) is 4.74. The van der Waals surface area contributed by atoms with Crippen molar-refractivity contribution in [1.82, 2.24) is 4.98 Å². The highest BCUT2D eigenvalue weighted by Crippen LogP contribution is 2.37. The van der Waals surface area contributed by atoms with E-state index in [0.29, 0.717) is 5.69 Å². The molecule has 2 rings (SSSR count). The van der Waals surface area contributed by atoms with Crippen LogP contribution in [0, 0.1) is 13.8 Å². The zero-order chi connectivity index (χ0) is 15.8. The predicted octanol–water partition coefficient (Wildman–Crippen LogP) is 5.71. The standard InChI is InChI=1S/C14H14BrF3N2S/c1-7-13(21-9(3)19-7)8(2)20-10-4-5-12(15)11(6-10)14(16,17)18/h4-6,8,20H,1-3H3. The molecule has 0 bridgehead atoms. The number of hydrogen-bond acceptors (Lipinski definition) is 3. The molecule has 0 saturated heterocycles. The number of hydrogen-bond donors (Lipinski definition) is 1. The number of halogens is 4. The molecular weight excluding hydrogens is 365 g/mol. The third-order valence-corrected chi connectivity index (χ3v) is 4.93. The highest BCUT2D eigenvalue weighted by Gasteiger charge is 2.33. The Morgan fingerprint density at radius 3 is 2.48 bits per heavy atom. The summed E-state index contributed by atoms with van der Waals surface area (Å²) in [6.45, 7) is 5.73. The molecule has 0 radical (unpaired) electrons. The normalized spacial score (nSPS) is 13.3. The van der Waals surface area contributed by atoms with Gasteiger partial charge >= 0.3 is 6.18 Å². The van der Waals surface area contributed by atoms with Gasteiger partial charge in [0.15, 0.2) is 0 Å². The molecule has 1 heterocycles. The number of benzene rings is 1. The monoisotopic (exact) mass is 378 g/mol. The number of nitrogens with zero attached hydrogens (tertiary/aromatic N) is 1. The Balaban J connectivity index is 2.26. The van der Waals surface area contributed by atoms with Crippen LogP contribution in [0.3, 0.4) is 0 Å². The van der Waals surface area contributed by atoms with Crippen LogP contribution in [0.5, 0.6) is 0 Å². The van der Waals surface area contributed by atoms with Crippen LogP contribution in [-0.4, -0.2) is 4.98 Å². The fourth-order valence-corrected chi connectivity index (χ4v) is 3.50. The van der Waals surface area contributed by atoms with Crippen molar-refractivity contribution in [2.75, 3.05) is 5.32 Å². The summed E-state index contributed by atoms with van der Waals surface area (Å²) < 4.78 is 38.7. The van der Waals surface area contributed by atoms with Crippen molar-refractivity contribution < 1.29 is 13.2 Å². The average Bonchev–Trinajstić information content (AvgIpc) is 2.69. The van der Waals surface area contributed by atoms with Crippen molar-refractivity contribution in [1.29, 1.82) is 0 Å². The van der Waals surface area contributed by atoms with E-state index >= 15 is 0 Å².